The number of nitrogens with zero attached hydrogens (tertiary/aromatic N) is 2. The number of carbonyl (C=O) groups is 2. The maximum absolute atomic E-state index is 12.5. The molecule has 2 aromatic rings. The highest BCUT2D eigenvalue weighted by molar-refractivity contribution is 6.65. The summed E-state index contributed by atoms with van der Waals surface area (Å²) in [6, 6.07) is 6.43. The molecule has 1 aromatic heterocycles. The molecule has 0 bridgehead atoms. The lowest BCUT2D eigenvalue weighted by molar-refractivity contribution is -0.133. The van der Waals surface area contributed by atoms with Gasteiger partial charge in [0.05, 0.1) is 11.8 Å². The van der Waals surface area contributed by atoms with E-state index in [1.54, 1.807) is 0 Å². The number of benzene rings is 1. The predicted octanol–water partition coefficient (Wildman–Crippen LogP) is 1.75. The smallest absolute Gasteiger partial charge is 0.239 e. The summed E-state index contributed by atoms with van der Waals surface area (Å²) in [5.41, 5.74) is 5.71. The van der Waals surface area contributed by atoms with Crippen LogP contribution in [0.4, 0.5) is 0 Å². The molecule has 4 rings (SSSR count). The zero-order chi connectivity index (χ0) is 22.3. The van der Waals surface area contributed by atoms with Gasteiger partial charge in [0.2, 0.25) is 11.1 Å². The molecule has 2 heterocycles. The zero-order valence-corrected chi connectivity index (χ0v) is 18.9. The number of rotatable bonds is 6. The molecule has 0 fully saturated rings. The Balaban J connectivity index is 1.71. The standard InChI is InChI=1S/C23H29ClN4O3/c1-27(2)8-7-25-12-15-9-14-10-17-13(11-18(14)28(15)3)5-4-6-16-20(17)26-23(31)19(21(16)29)22(24)30/h9-11,19,21,25,29H,4-8,12H2,1-3H3,(H,26,31). The average molecular weight is 445 g/mol. The number of halogens is 1. The fourth-order valence-electron chi connectivity index (χ4n) is 4.60. The van der Waals surface area contributed by atoms with Crippen molar-refractivity contribution in [3.63, 3.8) is 0 Å². The van der Waals surface area contributed by atoms with Gasteiger partial charge in [0.25, 0.3) is 0 Å². The lowest BCUT2D eigenvalue weighted by atomic mass is 9.87. The van der Waals surface area contributed by atoms with Crippen LogP contribution >= 0.6 is 11.6 Å². The molecule has 0 saturated heterocycles. The molecule has 1 aromatic carbocycles. The molecular formula is C23H29ClN4O3. The zero-order valence-electron chi connectivity index (χ0n) is 18.2. The van der Waals surface area contributed by atoms with Gasteiger partial charge in [-0.1, -0.05) is 0 Å². The normalized spacial score (nSPS) is 21.2. The summed E-state index contributed by atoms with van der Waals surface area (Å²) >= 11 is 5.59. The first-order chi connectivity index (χ1) is 14.8. The number of carbonyl (C=O) groups excluding carboxylic acids is 2. The first kappa shape index (κ1) is 22.0. The molecular weight excluding hydrogens is 416 g/mol. The Bertz CT molecular complexity index is 1070. The molecule has 3 N–H and O–H groups in total. The summed E-state index contributed by atoms with van der Waals surface area (Å²) < 4.78 is 2.20. The highest BCUT2D eigenvalue weighted by atomic mass is 35.5. The number of aryl methyl sites for hydroxylation is 2. The van der Waals surface area contributed by atoms with E-state index >= 15 is 0 Å². The van der Waals surface area contributed by atoms with E-state index < -0.39 is 23.2 Å². The summed E-state index contributed by atoms with van der Waals surface area (Å²) in [6.45, 7) is 2.65. The molecule has 2 atom stereocenters. The van der Waals surface area contributed by atoms with E-state index in [1.165, 1.54) is 5.69 Å². The SMILES string of the molecule is CN(C)CCNCc1cc2cc3c(cc2n1C)CCCC1=C3NC(=O)C(C(=O)Cl)C1O. The molecule has 0 radical (unpaired) electrons. The largest absolute Gasteiger partial charge is 0.387 e. The fraction of sp³-hybridized carbons (Fsp3) is 0.478. The average Bonchev–Trinajstić information content (AvgIpc) is 2.88. The number of aliphatic hydroxyl groups excluding tert-OH is 1. The second-order valence-corrected chi connectivity index (χ2v) is 9.09. The van der Waals surface area contributed by atoms with E-state index in [0.717, 1.165) is 54.5 Å². The van der Waals surface area contributed by atoms with Gasteiger partial charge in [0.1, 0.15) is 5.92 Å². The van der Waals surface area contributed by atoms with E-state index in [-0.39, 0.29) is 0 Å². The second-order valence-electron chi connectivity index (χ2n) is 8.71. The van der Waals surface area contributed by atoms with E-state index in [9.17, 15) is 14.7 Å². The van der Waals surface area contributed by atoms with Gasteiger partial charge in [-0.25, -0.2) is 0 Å². The summed E-state index contributed by atoms with van der Waals surface area (Å²) in [5.74, 6) is -1.79. The number of aromatic nitrogens is 1. The number of aliphatic hydroxyl groups is 1. The highest BCUT2D eigenvalue weighted by Crippen LogP contribution is 2.38. The minimum Gasteiger partial charge on any atom is -0.387 e. The summed E-state index contributed by atoms with van der Waals surface area (Å²) in [5, 5.41) is 17.3. The fourth-order valence-corrected chi connectivity index (χ4v) is 4.82. The molecule has 0 spiro atoms. The van der Waals surface area contributed by atoms with Crippen molar-refractivity contribution in [3.8, 4) is 0 Å². The maximum Gasteiger partial charge on any atom is 0.239 e. The van der Waals surface area contributed by atoms with Crippen LogP contribution in [0, 0.1) is 5.92 Å². The molecule has 2 unspecified atom stereocenters. The van der Waals surface area contributed by atoms with Gasteiger partial charge in [-0.15, -0.1) is 0 Å². The molecule has 0 saturated carbocycles. The van der Waals surface area contributed by atoms with Crippen molar-refractivity contribution in [3.05, 3.63) is 40.6 Å². The van der Waals surface area contributed by atoms with Crippen molar-refractivity contribution >= 4 is 39.4 Å². The predicted molar refractivity (Wildman–Crippen MR) is 122 cm³/mol. The molecule has 1 aliphatic heterocycles. The Morgan fingerprint density at radius 1 is 1.32 bits per heavy atom. The lowest BCUT2D eigenvalue weighted by Gasteiger charge is -2.30. The molecule has 166 valence electrons. The van der Waals surface area contributed by atoms with Crippen LogP contribution in [-0.2, 0) is 29.6 Å². The number of hydrogen-bond donors (Lipinski definition) is 3. The molecule has 8 heteroatoms. The molecule has 1 aliphatic carbocycles. The van der Waals surface area contributed by atoms with Gasteiger partial charge >= 0.3 is 0 Å². The van der Waals surface area contributed by atoms with Crippen molar-refractivity contribution < 1.29 is 14.7 Å². The van der Waals surface area contributed by atoms with E-state index in [1.807, 2.05) is 0 Å². The number of hydrogen-bond acceptors (Lipinski definition) is 5. The van der Waals surface area contributed by atoms with E-state index in [2.05, 4.69) is 59.4 Å². The Morgan fingerprint density at radius 2 is 2.10 bits per heavy atom. The van der Waals surface area contributed by atoms with Crippen LogP contribution in [0.5, 0.6) is 0 Å². The quantitative estimate of drug-likeness (QED) is 0.359. The number of fused-ring (bicyclic) bond motifs is 3. The van der Waals surface area contributed by atoms with Crippen LogP contribution in [0.1, 0.15) is 29.7 Å². The van der Waals surface area contributed by atoms with Crippen molar-refractivity contribution in [2.24, 2.45) is 13.0 Å². The van der Waals surface area contributed by atoms with Gasteiger partial charge < -0.3 is 25.2 Å². The van der Waals surface area contributed by atoms with Crippen LogP contribution in [0.2, 0.25) is 0 Å². The first-order valence-electron chi connectivity index (χ1n) is 10.7. The number of amides is 1. The highest BCUT2D eigenvalue weighted by Gasteiger charge is 2.41. The second kappa shape index (κ2) is 8.74. The van der Waals surface area contributed by atoms with Crippen molar-refractivity contribution in [1.82, 2.24) is 20.1 Å². The van der Waals surface area contributed by atoms with Gasteiger partial charge in [-0.05, 0) is 74.3 Å². The Morgan fingerprint density at radius 3 is 2.81 bits per heavy atom. The topological polar surface area (TPSA) is 86.6 Å². The van der Waals surface area contributed by atoms with Crippen molar-refractivity contribution in [2.75, 3.05) is 27.2 Å². The third-order valence-corrected chi connectivity index (χ3v) is 6.57. The van der Waals surface area contributed by atoms with Crippen LogP contribution in [0.15, 0.2) is 23.8 Å². The van der Waals surface area contributed by atoms with Crippen molar-refractivity contribution in [2.45, 2.75) is 31.9 Å². The molecule has 31 heavy (non-hydrogen) atoms. The summed E-state index contributed by atoms with van der Waals surface area (Å²) in [7, 11) is 6.18. The monoisotopic (exact) mass is 444 g/mol. The minimum absolute atomic E-state index is 0.543. The van der Waals surface area contributed by atoms with Gasteiger partial charge in [-0.3, -0.25) is 9.59 Å². The molecule has 2 aliphatic rings. The van der Waals surface area contributed by atoms with Crippen LogP contribution < -0.4 is 10.6 Å². The van der Waals surface area contributed by atoms with Crippen LogP contribution in [0.25, 0.3) is 16.6 Å². The maximum atomic E-state index is 12.5. The van der Waals surface area contributed by atoms with Crippen LogP contribution in [0.3, 0.4) is 0 Å². The Labute approximate surface area is 187 Å². The third-order valence-electron chi connectivity index (χ3n) is 6.34. The Hall–Kier alpha value is -2.19. The van der Waals surface area contributed by atoms with E-state index in [0.29, 0.717) is 17.7 Å². The third kappa shape index (κ3) is 4.15. The van der Waals surface area contributed by atoms with Gasteiger partial charge in [-0.2, -0.15) is 0 Å². The van der Waals surface area contributed by atoms with Crippen molar-refractivity contribution in [1.29, 1.82) is 0 Å². The molecule has 7 nitrogen and oxygen atoms in total. The minimum atomic E-state index is -1.25. The number of nitrogens with one attached hydrogen (secondary N) is 2. The number of likely N-dealkylation sites (N-methyl/N-ethyl adjacent to an activating group) is 1. The summed E-state index contributed by atoms with van der Waals surface area (Å²) in [6.07, 6.45) is 1.10. The van der Waals surface area contributed by atoms with E-state index in [4.69, 9.17) is 11.6 Å². The molecule has 1 amide bonds. The van der Waals surface area contributed by atoms with Crippen LogP contribution in [-0.4, -0.2) is 59.0 Å². The van der Waals surface area contributed by atoms with Gasteiger partial charge in [0.15, 0.2) is 0 Å². The van der Waals surface area contributed by atoms with Gasteiger partial charge in [0, 0.05) is 48.8 Å². The first-order valence-corrected chi connectivity index (χ1v) is 11.0. The Kier molecular flexibility index (Phi) is 6.21. The summed E-state index contributed by atoms with van der Waals surface area (Å²) in [4.78, 5) is 26.4. The lowest BCUT2D eigenvalue weighted by Crippen LogP contribution is -2.46.